The monoisotopic (exact) mass is 322 g/mol. The highest BCUT2D eigenvalue weighted by molar-refractivity contribution is 9.07. The van der Waals surface area contributed by atoms with Crippen LogP contribution in [-0.2, 0) is 9.15 Å². The van der Waals surface area contributed by atoms with E-state index in [1.165, 1.54) is 38.5 Å². The highest BCUT2D eigenvalue weighted by atomic mass is 33.2. The Bertz CT molecular complexity index is 803. The second kappa shape index (κ2) is 3.43. The third-order valence-electron chi connectivity index (χ3n) is 3.22. The molecule has 20 heavy (non-hydrogen) atoms. The molecule has 0 bridgehead atoms. The minimum atomic E-state index is -4.39. The Morgan fingerprint density at radius 1 is 1.25 bits per heavy atom. The van der Waals surface area contributed by atoms with Crippen LogP contribution >= 0.6 is 7.33 Å². The SMILES string of the molecule is COc1ncnc2[nH]c(S(C)(C)(C)(C)S(=O)(=O)O)nc12. The molecular formula is C10H18N4O4S2. The summed E-state index contributed by atoms with van der Waals surface area (Å²) in [5.41, 5.74) is 0.680. The summed E-state index contributed by atoms with van der Waals surface area (Å²) in [6.45, 7) is 0. The van der Waals surface area contributed by atoms with Gasteiger partial charge in [0.2, 0.25) is 5.88 Å². The highest BCUT2D eigenvalue weighted by Crippen LogP contribution is 2.87. The lowest BCUT2D eigenvalue weighted by Crippen LogP contribution is -2.40. The van der Waals surface area contributed by atoms with Gasteiger partial charge in [-0.1, -0.05) is 0 Å². The molecule has 0 unspecified atom stereocenters. The number of aromatic nitrogens is 4. The van der Waals surface area contributed by atoms with Gasteiger partial charge in [-0.3, -0.25) is 4.55 Å². The predicted molar refractivity (Wildman–Crippen MR) is 79.3 cm³/mol. The maximum absolute atomic E-state index is 12.0. The molecule has 0 aliphatic heterocycles. The lowest BCUT2D eigenvalue weighted by atomic mass is 10.5. The lowest BCUT2D eigenvalue weighted by Gasteiger charge is -2.62. The quantitative estimate of drug-likeness (QED) is 0.637. The van der Waals surface area contributed by atoms with Crippen LogP contribution in [0, 0.1) is 0 Å². The van der Waals surface area contributed by atoms with Crippen molar-refractivity contribution in [3.8, 4) is 5.88 Å². The zero-order valence-corrected chi connectivity index (χ0v) is 13.5. The van der Waals surface area contributed by atoms with Crippen molar-refractivity contribution >= 4 is 27.6 Å². The largest absolute Gasteiger partial charge is 0.479 e. The molecule has 0 aliphatic rings. The number of hydrogen-bond acceptors (Lipinski definition) is 6. The van der Waals surface area contributed by atoms with E-state index in [0.717, 1.165) is 0 Å². The van der Waals surface area contributed by atoms with Crippen molar-refractivity contribution in [2.75, 3.05) is 32.1 Å². The zero-order valence-electron chi connectivity index (χ0n) is 11.9. The van der Waals surface area contributed by atoms with E-state index in [2.05, 4.69) is 19.9 Å². The van der Waals surface area contributed by atoms with Crippen LogP contribution in [0.4, 0.5) is 0 Å². The third kappa shape index (κ3) is 1.79. The number of hydrogen-bond donors (Lipinski definition) is 2. The van der Waals surface area contributed by atoms with Crippen molar-refractivity contribution < 1.29 is 17.7 Å². The zero-order chi connectivity index (χ0) is 15.5. The fourth-order valence-electron chi connectivity index (χ4n) is 1.46. The van der Waals surface area contributed by atoms with Crippen molar-refractivity contribution in [1.82, 2.24) is 19.9 Å². The van der Waals surface area contributed by atoms with E-state index in [1.54, 1.807) is 0 Å². The molecule has 0 aromatic carbocycles. The molecule has 10 heteroatoms. The molecule has 0 saturated heterocycles. The predicted octanol–water partition coefficient (Wildman–Crippen LogP) is 0.918. The van der Waals surface area contributed by atoms with Gasteiger partial charge in [0.15, 0.2) is 11.2 Å². The van der Waals surface area contributed by atoms with Crippen LogP contribution in [0.1, 0.15) is 0 Å². The summed E-state index contributed by atoms with van der Waals surface area (Å²) in [4.78, 5) is 15.1. The molecule has 114 valence electrons. The van der Waals surface area contributed by atoms with Gasteiger partial charge in [-0.05, 0) is 25.0 Å². The van der Waals surface area contributed by atoms with Crippen LogP contribution in [-0.4, -0.2) is 65.0 Å². The summed E-state index contributed by atoms with van der Waals surface area (Å²) in [6, 6.07) is 0. The number of H-pyrrole nitrogens is 1. The fourth-order valence-corrected chi connectivity index (χ4v) is 3.54. The van der Waals surface area contributed by atoms with E-state index >= 15 is 0 Å². The number of ether oxygens (including phenoxy) is 1. The van der Waals surface area contributed by atoms with Crippen LogP contribution in [0.2, 0.25) is 0 Å². The summed E-state index contributed by atoms with van der Waals surface area (Å²) in [5.74, 6) is 0.237. The van der Waals surface area contributed by atoms with Crippen LogP contribution in [0.5, 0.6) is 5.88 Å². The smallest absolute Gasteiger partial charge is 0.294 e. The molecule has 2 aromatic heterocycles. The summed E-state index contributed by atoms with van der Waals surface area (Å²) in [5, 5.41) is 0.154. The molecule has 8 nitrogen and oxygen atoms in total. The molecule has 2 rings (SSSR count). The molecule has 0 aliphatic carbocycles. The first-order chi connectivity index (χ1) is 8.80. The Morgan fingerprint density at radius 3 is 2.35 bits per heavy atom. The maximum Gasteiger partial charge on any atom is 0.294 e. The van der Waals surface area contributed by atoms with Gasteiger partial charge < -0.3 is 9.72 Å². The second-order valence-electron chi connectivity index (χ2n) is 6.57. The van der Waals surface area contributed by atoms with Crippen LogP contribution < -0.4 is 4.74 Å². The number of aromatic amines is 1. The van der Waals surface area contributed by atoms with Crippen molar-refractivity contribution in [2.45, 2.75) is 5.16 Å². The van der Waals surface area contributed by atoms with Crippen molar-refractivity contribution in [3.05, 3.63) is 6.33 Å². The Morgan fingerprint density at radius 2 is 1.85 bits per heavy atom. The first-order valence-corrected chi connectivity index (χ1v) is 11.6. The van der Waals surface area contributed by atoms with Crippen LogP contribution in [0.15, 0.2) is 11.5 Å². The number of imidazole rings is 1. The van der Waals surface area contributed by atoms with E-state index in [0.29, 0.717) is 11.2 Å². The van der Waals surface area contributed by atoms with E-state index in [-0.39, 0.29) is 11.0 Å². The molecule has 0 amide bonds. The molecule has 2 heterocycles. The molecule has 0 radical (unpaired) electrons. The molecular weight excluding hydrogens is 304 g/mol. The first kappa shape index (κ1) is 15.0. The van der Waals surface area contributed by atoms with Gasteiger partial charge in [-0.25, -0.2) is 9.97 Å². The molecule has 2 aromatic rings. The average molecular weight is 322 g/mol. The van der Waals surface area contributed by atoms with Crippen LogP contribution in [0.25, 0.3) is 11.2 Å². The summed E-state index contributed by atoms with van der Waals surface area (Å²) in [7, 11) is -7.05. The third-order valence-corrected chi connectivity index (χ3v) is 13.2. The number of fused-ring (bicyclic) bond motifs is 1. The van der Waals surface area contributed by atoms with Gasteiger partial charge in [0.1, 0.15) is 11.5 Å². The normalized spacial score (nSPS) is 16.7. The van der Waals surface area contributed by atoms with Gasteiger partial charge in [0, 0.05) is 0 Å². The maximum atomic E-state index is 12.0. The van der Waals surface area contributed by atoms with Gasteiger partial charge in [-0.2, -0.15) is 13.4 Å². The van der Waals surface area contributed by atoms with E-state index in [4.69, 9.17) is 4.74 Å². The van der Waals surface area contributed by atoms with Gasteiger partial charge in [0.25, 0.3) is 9.15 Å². The lowest BCUT2D eigenvalue weighted by molar-refractivity contribution is 0.401. The number of methoxy groups -OCH3 is 1. The number of nitrogens with one attached hydrogen (secondary N) is 1. The first-order valence-electron chi connectivity index (χ1n) is 5.54. The van der Waals surface area contributed by atoms with Crippen molar-refractivity contribution in [3.63, 3.8) is 0 Å². The Balaban J connectivity index is 2.91. The topological polar surface area (TPSA) is 118 Å². The molecule has 0 fully saturated rings. The minimum absolute atomic E-state index is 0.154. The standard InChI is InChI=1S/C10H18N4O4S2/c1-18-9-7-8(11-6-12-9)14-10(13-7)20(2,3,4,5)19(15,16)17/h6H,1-5H3,(H,15,16,17)(H,11,12,13,14). The van der Waals surface area contributed by atoms with Crippen molar-refractivity contribution in [2.24, 2.45) is 0 Å². The van der Waals surface area contributed by atoms with Gasteiger partial charge >= 0.3 is 0 Å². The van der Waals surface area contributed by atoms with E-state index in [1.807, 2.05) is 0 Å². The van der Waals surface area contributed by atoms with Crippen molar-refractivity contribution in [1.29, 1.82) is 0 Å². The second-order valence-corrected chi connectivity index (χ2v) is 21.6. The Kier molecular flexibility index (Phi) is 2.58. The highest BCUT2D eigenvalue weighted by Gasteiger charge is 2.59. The molecule has 0 saturated carbocycles. The van der Waals surface area contributed by atoms with Gasteiger partial charge in [-0.15, -0.1) is 7.33 Å². The number of rotatable bonds is 3. The van der Waals surface area contributed by atoms with Gasteiger partial charge in [0.05, 0.1) is 7.11 Å². The molecule has 2 N–H and O–H groups in total. The summed E-state index contributed by atoms with van der Waals surface area (Å²) < 4.78 is 38.9. The van der Waals surface area contributed by atoms with E-state index < -0.39 is 16.5 Å². The summed E-state index contributed by atoms with van der Waals surface area (Å²) in [6.07, 6.45) is 7.26. The molecule has 0 spiro atoms. The Hall–Kier alpha value is -1.39. The fraction of sp³-hybridized carbons (Fsp3) is 0.500. The van der Waals surface area contributed by atoms with E-state index in [9.17, 15) is 13.0 Å². The van der Waals surface area contributed by atoms with Crippen LogP contribution in [0.3, 0.4) is 0 Å². The number of nitrogens with zero attached hydrogens (tertiary/aromatic N) is 3. The minimum Gasteiger partial charge on any atom is -0.479 e. The molecule has 0 atom stereocenters. The summed E-state index contributed by atoms with van der Waals surface area (Å²) >= 11 is 0. The average Bonchev–Trinajstić information content (AvgIpc) is 2.70. The Labute approximate surface area is 115 Å².